The minimum absolute atomic E-state index is 0.116. The summed E-state index contributed by atoms with van der Waals surface area (Å²) in [5, 5.41) is 5.52. The highest BCUT2D eigenvalue weighted by Crippen LogP contribution is 2.29. The molecule has 9 heteroatoms. The molecule has 0 aliphatic rings. The van der Waals surface area contributed by atoms with Crippen LogP contribution in [0.3, 0.4) is 0 Å². The highest BCUT2D eigenvalue weighted by atomic mass is 19.1. The van der Waals surface area contributed by atoms with E-state index in [0.717, 1.165) is 6.08 Å². The lowest BCUT2D eigenvalue weighted by molar-refractivity contribution is -0.116. The van der Waals surface area contributed by atoms with Gasteiger partial charge in [-0.1, -0.05) is 43.8 Å². The number of hydrogen-bond donors (Lipinski definition) is 2. The number of fused-ring (bicyclic) bond motifs is 3. The third-order valence-corrected chi connectivity index (χ3v) is 6.20. The molecule has 0 spiro atoms. The Morgan fingerprint density at radius 2 is 1.66 bits per heavy atom. The third kappa shape index (κ3) is 4.45. The zero-order valence-corrected chi connectivity index (χ0v) is 20.6. The predicted octanol–water partition coefficient (Wildman–Crippen LogP) is 4.78. The van der Waals surface area contributed by atoms with Gasteiger partial charge in [-0.05, 0) is 55.0 Å². The number of aromatic nitrogens is 3. The van der Waals surface area contributed by atoms with Crippen LogP contribution in [0.2, 0.25) is 0 Å². The molecule has 8 nitrogen and oxygen atoms in total. The van der Waals surface area contributed by atoms with E-state index in [4.69, 9.17) is 4.98 Å². The van der Waals surface area contributed by atoms with Crippen LogP contribution in [0.4, 0.5) is 15.8 Å². The van der Waals surface area contributed by atoms with Gasteiger partial charge in [-0.25, -0.2) is 13.8 Å². The van der Waals surface area contributed by atoms with Gasteiger partial charge in [-0.2, -0.15) is 0 Å². The number of carbonyl (C=O) groups is 2. The van der Waals surface area contributed by atoms with E-state index in [2.05, 4.69) is 17.2 Å². The molecule has 0 saturated carbocycles. The van der Waals surface area contributed by atoms with Gasteiger partial charge in [0.25, 0.3) is 5.56 Å². The Morgan fingerprint density at radius 1 is 0.974 bits per heavy atom. The van der Waals surface area contributed by atoms with E-state index in [9.17, 15) is 18.8 Å². The van der Waals surface area contributed by atoms with E-state index in [-0.39, 0.29) is 18.0 Å². The number of hydrogen-bond acceptors (Lipinski definition) is 4. The van der Waals surface area contributed by atoms with Gasteiger partial charge < -0.3 is 15.2 Å². The van der Waals surface area contributed by atoms with Gasteiger partial charge in [0.2, 0.25) is 17.6 Å². The fourth-order valence-corrected chi connectivity index (χ4v) is 4.49. The Morgan fingerprint density at radius 3 is 2.37 bits per heavy atom. The largest absolute Gasteiger partial charge is 0.325 e. The standard InChI is InChI=1S/C29H24FN5O3/c1-3-21-27(20-9-5-6-10-22(20)32-25(36)4-2)28(38)35-24-12-8-7-11-23(24)34(29(35)33-21)17-26(37)31-19-15-13-18(30)14-16-19/h4-16H,2-3,17H2,1H3,(H,31,37)(H,32,36). The maximum atomic E-state index is 14.1. The summed E-state index contributed by atoms with van der Waals surface area (Å²) in [5.74, 6) is -0.830. The second-order valence-electron chi connectivity index (χ2n) is 8.60. The first-order valence-corrected chi connectivity index (χ1v) is 12.0. The molecule has 0 bridgehead atoms. The van der Waals surface area contributed by atoms with Crippen LogP contribution >= 0.6 is 0 Å². The average Bonchev–Trinajstić information content (AvgIpc) is 3.23. The van der Waals surface area contributed by atoms with Crippen molar-refractivity contribution in [1.29, 1.82) is 0 Å². The Labute approximate surface area is 217 Å². The van der Waals surface area contributed by atoms with Gasteiger partial charge in [0.15, 0.2) is 0 Å². The third-order valence-electron chi connectivity index (χ3n) is 6.20. The predicted molar refractivity (Wildman–Crippen MR) is 146 cm³/mol. The molecule has 0 atom stereocenters. The van der Waals surface area contributed by atoms with E-state index < -0.39 is 11.7 Å². The van der Waals surface area contributed by atoms with Crippen LogP contribution in [0.25, 0.3) is 27.9 Å². The van der Waals surface area contributed by atoms with Crippen molar-refractivity contribution in [1.82, 2.24) is 14.0 Å². The van der Waals surface area contributed by atoms with Crippen LogP contribution in [0.1, 0.15) is 12.6 Å². The fraction of sp³-hybridized carbons (Fsp3) is 0.103. The first-order valence-electron chi connectivity index (χ1n) is 12.0. The number of amides is 2. The molecular weight excluding hydrogens is 485 g/mol. The number of nitrogens with one attached hydrogen (secondary N) is 2. The van der Waals surface area contributed by atoms with Gasteiger partial charge >= 0.3 is 0 Å². The van der Waals surface area contributed by atoms with Crippen molar-refractivity contribution >= 4 is 40.0 Å². The van der Waals surface area contributed by atoms with E-state index in [1.807, 2.05) is 25.1 Å². The second kappa shape index (κ2) is 10.1. The highest BCUT2D eigenvalue weighted by molar-refractivity contribution is 6.02. The van der Waals surface area contributed by atoms with Gasteiger partial charge in [-0.15, -0.1) is 0 Å². The number of halogens is 1. The fourth-order valence-electron chi connectivity index (χ4n) is 4.49. The molecule has 38 heavy (non-hydrogen) atoms. The topological polar surface area (TPSA) is 97.5 Å². The van der Waals surface area contributed by atoms with Crippen LogP contribution in [-0.4, -0.2) is 25.8 Å². The number of para-hydroxylation sites is 3. The lowest BCUT2D eigenvalue weighted by Crippen LogP contribution is -2.23. The summed E-state index contributed by atoms with van der Waals surface area (Å²) in [6.45, 7) is 5.27. The minimum Gasteiger partial charge on any atom is -0.325 e. The molecule has 0 saturated heterocycles. The summed E-state index contributed by atoms with van der Waals surface area (Å²) >= 11 is 0. The lowest BCUT2D eigenvalue weighted by Gasteiger charge is -2.13. The molecule has 0 fully saturated rings. The number of imidazole rings is 1. The first kappa shape index (κ1) is 24.6. The molecule has 3 aromatic carbocycles. The monoisotopic (exact) mass is 509 g/mol. The van der Waals surface area contributed by atoms with Gasteiger partial charge in [-0.3, -0.25) is 14.4 Å². The van der Waals surface area contributed by atoms with Crippen LogP contribution in [0, 0.1) is 5.82 Å². The maximum Gasteiger partial charge on any atom is 0.267 e. The van der Waals surface area contributed by atoms with Crippen molar-refractivity contribution < 1.29 is 14.0 Å². The highest BCUT2D eigenvalue weighted by Gasteiger charge is 2.22. The summed E-state index contributed by atoms with van der Waals surface area (Å²) in [6, 6.07) is 19.8. The molecule has 5 rings (SSSR count). The summed E-state index contributed by atoms with van der Waals surface area (Å²) in [5.41, 5.74) is 3.27. The zero-order valence-electron chi connectivity index (χ0n) is 20.6. The second-order valence-corrected chi connectivity index (χ2v) is 8.60. The average molecular weight is 510 g/mol. The zero-order chi connectivity index (χ0) is 26.8. The van der Waals surface area contributed by atoms with Crippen molar-refractivity contribution in [3.63, 3.8) is 0 Å². The number of aryl methyl sites for hydroxylation is 1. The molecule has 0 radical (unpaired) electrons. The molecule has 2 heterocycles. The smallest absolute Gasteiger partial charge is 0.267 e. The SMILES string of the molecule is C=CC(=O)Nc1ccccc1-c1c(CC)nc2n(CC(=O)Nc3ccc(F)cc3)c3ccccc3n2c1=O. The number of nitrogens with zero attached hydrogens (tertiary/aromatic N) is 3. The van der Waals surface area contributed by atoms with Crippen molar-refractivity contribution in [2.24, 2.45) is 0 Å². The van der Waals surface area contributed by atoms with Crippen LogP contribution < -0.4 is 16.2 Å². The van der Waals surface area contributed by atoms with Crippen molar-refractivity contribution in [2.45, 2.75) is 19.9 Å². The maximum absolute atomic E-state index is 14.1. The molecule has 2 N–H and O–H groups in total. The molecule has 190 valence electrons. The van der Waals surface area contributed by atoms with Gasteiger partial charge in [0.05, 0.1) is 22.3 Å². The quantitative estimate of drug-likeness (QED) is 0.309. The van der Waals surface area contributed by atoms with Gasteiger partial charge in [0.1, 0.15) is 12.4 Å². The van der Waals surface area contributed by atoms with E-state index in [0.29, 0.717) is 51.4 Å². The number of rotatable bonds is 7. The Balaban J connectivity index is 1.68. The minimum atomic E-state index is -0.400. The van der Waals surface area contributed by atoms with Crippen molar-refractivity contribution in [3.8, 4) is 11.1 Å². The van der Waals surface area contributed by atoms with Crippen molar-refractivity contribution in [2.75, 3.05) is 10.6 Å². The Bertz CT molecular complexity index is 1770. The van der Waals surface area contributed by atoms with E-state index in [1.165, 1.54) is 28.7 Å². The van der Waals surface area contributed by atoms with Crippen LogP contribution in [0.5, 0.6) is 0 Å². The van der Waals surface area contributed by atoms with Crippen LogP contribution in [0.15, 0.2) is 90.2 Å². The van der Waals surface area contributed by atoms with Gasteiger partial charge in [0, 0.05) is 16.9 Å². The van der Waals surface area contributed by atoms with Crippen molar-refractivity contribution in [3.05, 3.63) is 107 Å². The Kier molecular flexibility index (Phi) is 6.57. The molecule has 2 amide bonds. The molecule has 0 aliphatic carbocycles. The Hall–Kier alpha value is -5.05. The normalized spacial score (nSPS) is 11.0. The molecule has 0 aliphatic heterocycles. The summed E-state index contributed by atoms with van der Waals surface area (Å²) < 4.78 is 16.4. The number of carbonyl (C=O) groups excluding carboxylic acids is 2. The molecule has 2 aromatic heterocycles. The van der Waals surface area contributed by atoms with E-state index >= 15 is 0 Å². The molecule has 5 aromatic rings. The summed E-state index contributed by atoms with van der Waals surface area (Å²) in [6.07, 6.45) is 1.60. The lowest BCUT2D eigenvalue weighted by atomic mass is 10.0. The number of anilines is 2. The molecular formula is C29H24FN5O3. The first-order chi connectivity index (χ1) is 18.4. The van der Waals surface area contributed by atoms with E-state index in [1.54, 1.807) is 34.9 Å². The summed E-state index contributed by atoms with van der Waals surface area (Å²) in [7, 11) is 0. The summed E-state index contributed by atoms with van der Waals surface area (Å²) in [4.78, 5) is 44.0. The van der Waals surface area contributed by atoms with Crippen LogP contribution in [-0.2, 0) is 22.6 Å². The number of benzene rings is 3. The molecule has 0 unspecified atom stereocenters.